The number of benzene rings is 1. The number of imide groups is 1. The third kappa shape index (κ3) is 11.6. The van der Waals surface area contributed by atoms with Crippen LogP contribution in [0.5, 0.6) is 0 Å². The first kappa shape index (κ1) is 34.5. The van der Waals surface area contributed by atoms with E-state index in [4.69, 9.17) is 10.5 Å². The van der Waals surface area contributed by atoms with Gasteiger partial charge in [-0.25, -0.2) is 4.79 Å². The molecule has 234 valence electrons. The zero-order valence-corrected chi connectivity index (χ0v) is 25.1. The molecule has 6 N–H and O–H groups in total. The summed E-state index contributed by atoms with van der Waals surface area (Å²) in [7, 11) is 0. The summed E-state index contributed by atoms with van der Waals surface area (Å²) in [5.41, 5.74) is 6.50. The number of nitrogens with one attached hydrogen (secondary N) is 4. The van der Waals surface area contributed by atoms with E-state index in [1.165, 1.54) is 0 Å². The van der Waals surface area contributed by atoms with E-state index in [2.05, 4.69) is 27.8 Å². The Morgan fingerprint density at radius 3 is 2.14 bits per heavy atom. The molecule has 1 heterocycles. The summed E-state index contributed by atoms with van der Waals surface area (Å²) in [5.74, 6) is -2.10. The van der Waals surface area contributed by atoms with E-state index in [1.807, 2.05) is 13.8 Å². The van der Waals surface area contributed by atoms with E-state index in [9.17, 15) is 28.8 Å². The van der Waals surface area contributed by atoms with Crippen LogP contribution >= 0.6 is 0 Å². The van der Waals surface area contributed by atoms with Gasteiger partial charge in [-0.1, -0.05) is 46.4 Å². The number of ether oxygens (including phenoxy) is 1. The quantitative estimate of drug-likeness (QED) is 0.102. The van der Waals surface area contributed by atoms with Gasteiger partial charge in [0, 0.05) is 43.3 Å². The smallest absolute Gasteiger partial charge is 0.312 e. The largest absolute Gasteiger partial charge is 0.494 e. The van der Waals surface area contributed by atoms with Crippen molar-refractivity contribution in [1.29, 1.82) is 0 Å². The number of urea groups is 1. The van der Waals surface area contributed by atoms with Crippen LogP contribution in [0.2, 0.25) is 0 Å². The van der Waals surface area contributed by atoms with Crippen LogP contribution in [0, 0.1) is 11.8 Å². The molecule has 1 aliphatic rings. The van der Waals surface area contributed by atoms with Crippen LogP contribution in [0.15, 0.2) is 48.8 Å². The average molecular weight is 599 g/mol. The van der Waals surface area contributed by atoms with Gasteiger partial charge < -0.3 is 31.7 Å². The van der Waals surface area contributed by atoms with Crippen LogP contribution in [0.4, 0.5) is 10.5 Å². The van der Waals surface area contributed by atoms with E-state index in [-0.39, 0.29) is 37.8 Å². The normalized spacial score (nSPS) is 14.0. The molecular weight excluding hydrogens is 556 g/mol. The zero-order chi connectivity index (χ0) is 32.1. The Morgan fingerprint density at radius 1 is 0.953 bits per heavy atom. The summed E-state index contributed by atoms with van der Waals surface area (Å²) in [4.78, 5) is 74.6. The summed E-state index contributed by atoms with van der Waals surface area (Å²) in [6, 6.07) is 4.34. The fourth-order valence-electron chi connectivity index (χ4n) is 3.95. The van der Waals surface area contributed by atoms with Crippen molar-refractivity contribution in [3.8, 4) is 0 Å². The highest BCUT2D eigenvalue weighted by Gasteiger charge is 2.30. The number of rotatable bonds is 17. The van der Waals surface area contributed by atoms with Gasteiger partial charge in [-0.15, -0.1) is 0 Å². The number of hydrogen-bond acceptors (Lipinski definition) is 7. The lowest BCUT2D eigenvalue weighted by Crippen LogP contribution is -2.54. The monoisotopic (exact) mass is 598 g/mol. The molecule has 2 atom stereocenters. The van der Waals surface area contributed by atoms with Crippen LogP contribution in [0.25, 0.3) is 0 Å². The van der Waals surface area contributed by atoms with Gasteiger partial charge in [-0.05, 0) is 36.5 Å². The van der Waals surface area contributed by atoms with Crippen LogP contribution < -0.4 is 27.0 Å². The van der Waals surface area contributed by atoms with Crippen LogP contribution in [-0.2, 0) is 35.3 Å². The van der Waals surface area contributed by atoms with Crippen molar-refractivity contribution in [2.24, 2.45) is 17.6 Å². The maximum absolute atomic E-state index is 13.3. The number of allylic oxidation sites excluding steroid dienone is 1. The average Bonchev–Trinajstić information content (AvgIpc) is 3.27. The van der Waals surface area contributed by atoms with E-state index in [0.717, 1.165) is 22.6 Å². The van der Waals surface area contributed by atoms with Crippen LogP contribution in [0.1, 0.15) is 52.5 Å². The standard InChI is InChI=1S/C30H42N6O7/c1-18(2)20(5)43-17-21-8-10-22(11-9-21)33-28(40)23(7-6-15-32-30(31)42)34-29(41)27(19(3)4)35-24(37)14-16-36-25(38)12-13-26(36)39/h8-13,18-19,23,27H,5-7,14-17H2,1-4H3,(H,33,40)(H,34,41)(H,35,37)(H3,31,32,42)/t23-,27-/m0/s1. The second kappa shape index (κ2) is 16.7. The van der Waals surface area contributed by atoms with E-state index in [1.54, 1.807) is 38.1 Å². The predicted octanol–water partition coefficient (Wildman–Crippen LogP) is 1.70. The minimum atomic E-state index is -0.997. The molecule has 0 bridgehead atoms. The summed E-state index contributed by atoms with van der Waals surface area (Å²) in [5, 5.41) is 10.6. The van der Waals surface area contributed by atoms with Crippen molar-refractivity contribution in [2.45, 2.75) is 65.6 Å². The first-order valence-electron chi connectivity index (χ1n) is 14.2. The lowest BCUT2D eigenvalue weighted by molar-refractivity contribution is -0.137. The van der Waals surface area contributed by atoms with Crippen molar-refractivity contribution in [1.82, 2.24) is 20.9 Å². The molecule has 1 aromatic carbocycles. The molecule has 0 saturated carbocycles. The number of hydrogen-bond donors (Lipinski definition) is 5. The Labute approximate surface area is 251 Å². The predicted molar refractivity (Wildman–Crippen MR) is 160 cm³/mol. The maximum Gasteiger partial charge on any atom is 0.312 e. The van der Waals surface area contributed by atoms with Crippen molar-refractivity contribution >= 4 is 41.3 Å². The van der Waals surface area contributed by atoms with Gasteiger partial charge in [-0.3, -0.25) is 28.9 Å². The lowest BCUT2D eigenvalue weighted by atomic mass is 10.0. The molecule has 0 fully saturated rings. The van der Waals surface area contributed by atoms with Crippen LogP contribution in [-0.4, -0.2) is 65.6 Å². The second-order valence-corrected chi connectivity index (χ2v) is 10.8. The highest BCUT2D eigenvalue weighted by Crippen LogP contribution is 2.15. The molecule has 0 aliphatic carbocycles. The van der Waals surface area contributed by atoms with E-state index < -0.39 is 47.7 Å². The molecule has 13 nitrogen and oxygen atoms in total. The zero-order valence-electron chi connectivity index (χ0n) is 25.1. The number of amides is 7. The molecule has 1 aromatic rings. The fraction of sp³-hybridized carbons (Fsp3) is 0.467. The van der Waals surface area contributed by atoms with E-state index >= 15 is 0 Å². The molecule has 7 amide bonds. The van der Waals surface area contributed by atoms with Crippen molar-refractivity contribution < 1.29 is 33.5 Å². The van der Waals surface area contributed by atoms with Gasteiger partial charge >= 0.3 is 6.03 Å². The summed E-state index contributed by atoms with van der Waals surface area (Å²) in [6.07, 6.45) is 2.57. The molecule has 2 rings (SSSR count). The fourth-order valence-corrected chi connectivity index (χ4v) is 3.95. The number of nitrogens with zero attached hydrogens (tertiary/aromatic N) is 1. The second-order valence-electron chi connectivity index (χ2n) is 10.8. The Balaban J connectivity index is 2.04. The number of nitrogens with two attached hydrogens (primary N) is 1. The summed E-state index contributed by atoms with van der Waals surface area (Å²) < 4.78 is 5.65. The maximum atomic E-state index is 13.3. The molecular formula is C30H42N6O7. The van der Waals surface area contributed by atoms with Crippen LogP contribution in [0.3, 0.4) is 0 Å². The third-order valence-corrected chi connectivity index (χ3v) is 6.62. The number of carbonyl (C=O) groups is 6. The topological polar surface area (TPSA) is 189 Å². The molecule has 1 aliphatic heterocycles. The highest BCUT2D eigenvalue weighted by atomic mass is 16.5. The Bertz CT molecular complexity index is 1210. The number of primary amides is 1. The minimum absolute atomic E-state index is 0.127. The third-order valence-electron chi connectivity index (χ3n) is 6.62. The van der Waals surface area contributed by atoms with Gasteiger partial charge in [0.05, 0.1) is 5.76 Å². The van der Waals surface area contributed by atoms with Gasteiger partial charge in [0.15, 0.2) is 0 Å². The molecule has 0 saturated heterocycles. The van der Waals surface area contributed by atoms with Crippen molar-refractivity contribution in [3.63, 3.8) is 0 Å². The first-order valence-corrected chi connectivity index (χ1v) is 14.2. The first-order chi connectivity index (χ1) is 20.3. The number of carbonyl (C=O) groups excluding carboxylic acids is 6. The van der Waals surface area contributed by atoms with Gasteiger partial charge in [0.25, 0.3) is 11.8 Å². The molecule has 0 aromatic heterocycles. The summed E-state index contributed by atoms with van der Waals surface area (Å²) >= 11 is 0. The van der Waals surface area contributed by atoms with E-state index in [0.29, 0.717) is 24.5 Å². The molecule has 43 heavy (non-hydrogen) atoms. The molecule has 0 spiro atoms. The molecule has 0 radical (unpaired) electrons. The summed E-state index contributed by atoms with van der Waals surface area (Å²) in [6.45, 7) is 11.7. The lowest BCUT2D eigenvalue weighted by Gasteiger charge is -2.25. The highest BCUT2D eigenvalue weighted by molar-refractivity contribution is 6.13. The number of anilines is 1. The Kier molecular flexibility index (Phi) is 13.4. The Hall–Kier alpha value is -4.68. The minimum Gasteiger partial charge on any atom is -0.494 e. The molecule has 0 unspecified atom stereocenters. The molecule has 13 heteroatoms. The van der Waals surface area contributed by atoms with Crippen molar-refractivity contribution in [2.75, 3.05) is 18.4 Å². The SMILES string of the molecule is C=C(OCc1ccc(NC(=O)[C@H](CCCNC(N)=O)NC(=O)[C@@H](NC(=O)CCN2C(=O)C=CC2=O)C(C)C)cc1)C(C)C. The van der Waals surface area contributed by atoms with Gasteiger partial charge in [-0.2, -0.15) is 0 Å². The van der Waals surface area contributed by atoms with Gasteiger partial charge in [0.2, 0.25) is 17.7 Å². The Morgan fingerprint density at radius 2 is 1.58 bits per heavy atom. The van der Waals surface area contributed by atoms with Gasteiger partial charge in [0.1, 0.15) is 18.7 Å². The van der Waals surface area contributed by atoms with Crippen molar-refractivity contribution in [3.05, 3.63) is 54.3 Å².